The molecule has 1 unspecified atom stereocenters. The Morgan fingerprint density at radius 1 is 1.32 bits per heavy atom. The first-order valence-electron chi connectivity index (χ1n) is 9.61. The van der Waals surface area contributed by atoms with Crippen LogP contribution in [0, 0.1) is 6.92 Å². The van der Waals surface area contributed by atoms with Gasteiger partial charge >= 0.3 is 5.97 Å². The SMILES string of the molecule is CCOC(=O)c1sc(C(C)NC(=NC)NCCCCN(C)C(C)C)nc1C.I. The highest BCUT2D eigenvalue weighted by Crippen LogP contribution is 2.24. The third kappa shape index (κ3) is 9.04. The Hall–Kier alpha value is -0.940. The van der Waals surface area contributed by atoms with E-state index >= 15 is 0 Å². The predicted molar refractivity (Wildman–Crippen MR) is 128 cm³/mol. The minimum atomic E-state index is -0.306. The molecular formula is C19H36IN5O2S. The first-order valence-corrected chi connectivity index (χ1v) is 10.4. The molecule has 0 saturated heterocycles. The van der Waals surface area contributed by atoms with Crippen LogP contribution in [0.2, 0.25) is 0 Å². The van der Waals surface area contributed by atoms with Gasteiger partial charge in [-0.15, -0.1) is 35.3 Å². The number of esters is 1. The normalized spacial score (nSPS) is 12.7. The van der Waals surface area contributed by atoms with Crippen molar-refractivity contribution in [2.45, 2.75) is 59.5 Å². The molecule has 0 aliphatic heterocycles. The summed E-state index contributed by atoms with van der Waals surface area (Å²) in [7, 11) is 3.91. The summed E-state index contributed by atoms with van der Waals surface area (Å²) < 4.78 is 5.08. The van der Waals surface area contributed by atoms with Gasteiger partial charge in [0.05, 0.1) is 18.3 Å². The second kappa shape index (κ2) is 14.1. The molecular weight excluding hydrogens is 489 g/mol. The second-order valence-corrected chi connectivity index (χ2v) is 7.86. The number of nitrogens with one attached hydrogen (secondary N) is 2. The third-order valence-corrected chi connectivity index (χ3v) is 5.65. The van der Waals surface area contributed by atoms with E-state index < -0.39 is 0 Å². The minimum absolute atomic E-state index is 0. The first-order chi connectivity index (χ1) is 12.8. The number of aliphatic imine (C=N–C) groups is 1. The van der Waals surface area contributed by atoms with E-state index in [4.69, 9.17) is 4.74 Å². The van der Waals surface area contributed by atoms with Crippen LogP contribution in [0.25, 0.3) is 0 Å². The van der Waals surface area contributed by atoms with Gasteiger partial charge in [0, 0.05) is 19.6 Å². The van der Waals surface area contributed by atoms with Crippen molar-refractivity contribution in [1.82, 2.24) is 20.5 Å². The van der Waals surface area contributed by atoms with Crippen LogP contribution in [0.5, 0.6) is 0 Å². The Balaban J connectivity index is 0.00000729. The number of unbranched alkanes of at least 4 members (excludes halogenated alkanes) is 1. The number of halogens is 1. The van der Waals surface area contributed by atoms with Crippen molar-refractivity contribution >= 4 is 47.2 Å². The monoisotopic (exact) mass is 525 g/mol. The van der Waals surface area contributed by atoms with Gasteiger partial charge in [0.2, 0.25) is 0 Å². The summed E-state index contributed by atoms with van der Waals surface area (Å²) in [5, 5.41) is 7.52. The lowest BCUT2D eigenvalue weighted by atomic mass is 10.2. The number of carbonyl (C=O) groups is 1. The molecule has 2 N–H and O–H groups in total. The van der Waals surface area contributed by atoms with Gasteiger partial charge < -0.3 is 20.3 Å². The standard InChI is InChI=1S/C19H35N5O2S.HI/c1-8-26-18(25)16-14(4)22-17(27-16)15(5)23-19(20-6)21-11-9-10-12-24(7)13(2)3;/h13,15H,8-12H2,1-7H3,(H2,20,21,23);1H. The summed E-state index contributed by atoms with van der Waals surface area (Å²) in [6.45, 7) is 12.4. The van der Waals surface area contributed by atoms with Gasteiger partial charge in [-0.3, -0.25) is 4.99 Å². The largest absolute Gasteiger partial charge is 0.462 e. The third-order valence-electron chi connectivity index (χ3n) is 4.33. The molecule has 9 heteroatoms. The van der Waals surface area contributed by atoms with Crippen molar-refractivity contribution in [3.63, 3.8) is 0 Å². The van der Waals surface area contributed by atoms with E-state index in [0.29, 0.717) is 23.2 Å². The number of ether oxygens (including phenoxy) is 1. The topological polar surface area (TPSA) is 78.8 Å². The Morgan fingerprint density at radius 2 is 2.00 bits per heavy atom. The van der Waals surface area contributed by atoms with Gasteiger partial charge in [0.1, 0.15) is 9.88 Å². The highest BCUT2D eigenvalue weighted by atomic mass is 127. The first kappa shape index (κ1) is 27.1. The Morgan fingerprint density at radius 3 is 2.57 bits per heavy atom. The number of hydrogen-bond acceptors (Lipinski definition) is 6. The van der Waals surface area contributed by atoms with E-state index in [-0.39, 0.29) is 36.0 Å². The molecule has 0 saturated carbocycles. The fourth-order valence-electron chi connectivity index (χ4n) is 2.40. The zero-order valence-corrected chi connectivity index (χ0v) is 21.3. The molecule has 1 rings (SSSR count). The van der Waals surface area contributed by atoms with E-state index in [9.17, 15) is 4.79 Å². The average molecular weight is 526 g/mol. The summed E-state index contributed by atoms with van der Waals surface area (Å²) in [4.78, 5) is 23.7. The van der Waals surface area contributed by atoms with Crippen molar-refractivity contribution in [3.8, 4) is 0 Å². The zero-order valence-electron chi connectivity index (χ0n) is 18.2. The maximum atomic E-state index is 12.0. The van der Waals surface area contributed by atoms with Crippen LogP contribution >= 0.6 is 35.3 Å². The number of rotatable bonds is 10. The fourth-order valence-corrected chi connectivity index (χ4v) is 3.36. The van der Waals surface area contributed by atoms with Crippen LogP contribution in [-0.2, 0) is 4.74 Å². The highest BCUT2D eigenvalue weighted by molar-refractivity contribution is 14.0. The van der Waals surface area contributed by atoms with Crippen molar-refractivity contribution < 1.29 is 9.53 Å². The van der Waals surface area contributed by atoms with Crippen LogP contribution in [0.1, 0.15) is 67.0 Å². The molecule has 0 radical (unpaired) electrons. The molecule has 28 heavy (non-hydrogen) atoms. The molecule has 0 spiro atoms. The highest BCUT2D eigenvalue weighted by Gasteiger charge is 2.20. The van der Waals surface area contributed by atoms with E-state index in [2.05, 4.69) is 46.4 Å². The molecule has 0 bridgehead atoms. The summed E-state index contributed by atoms with van der Waals surface area (Å²) in [6, 6.07) is 0.532. The Labute approximate surface area is 190 Å². The van der Waals surface area contributed by atoms with Crippen LogP contribution in [0.3, 0.4) is 0 Å². The van der Waals surface area contributed by atoms with Gasteiger partial charge in [0.15, 0.2) is 5.96 Å². The summed E-state index contributed by atoms with van der Waals surface area (Å²) in [5.74, 6) is 0.435. The van der Waals surface area contributed by atoms with Crippen LogP contribution in [-0.4, -0.2) is 61.6 Å². The molecule has 1 heterocycles. The molecule has 1 aromatic heterocycles. The molecule has 1 atom stereocenters. The number of aryl methyl sites for hydroxylation is 1. The van der Waals surface area contributed by atoms with E-state index in [1.54, 1.807) is 14.0 Å². The molecule has 1 aromatic rings. The molecule has 0 aliphatic carbocycles. The second-order valence-electron chi connectivity index (χ2n) is 6.83. The lowest BCUT2D eigenvalue weighted by Gasteiger charge is -2.21. The van der Waals surface area contributed by atoms with Gasteiger partial charge in [-0.1, -0.05) is 0 Å². The van der Waals surface area contributed by atoms with Crippen LogP contribution < -0.4 is 10.6 Å². The predicted octanol–water partition coefficient (Wildman–Crippen LogP) is 3.59. The van der Waals surface area contributed by atoms with Gasteiger partial charge in [-0.2, -0.15) is 0 Å². The quantitative estimate of drug-likeness (QED) is 0.160. The summed E-state index contributed by atoms with van der Waals surface area (Å²) >= 11 is 1.37. The van der Waals surface area contributed by atoms with Crippen LogP contribution in [0.4, 0.5) is 0 Å². The average Bonchev–Trinajstić information content (AvgIpc) is 3.02. The number of thiazole rings is 1. The number of guanidine groups is 1. The summed E-state index contributed by atoms with van der Waals surface area (Å²) in [5.41, 5.74) is 0.708. The minimum Gasteiger partial charge on any atom is -0.462 e. The Kier molecular flexibility index (Phi) is 13.6. The number of hydrogen-bond donors (Lipinski definition) is 2. The molecule has 0 amide bonds. The molecule has 0 aromatic carbocycles. The number of nitrogens with zero attached hydrogens (tertiary/aromatic N) is 3. The summed E-state index contributed by atoms with van der Waals surface area (Å²) in [6.07, 6.45) is 2.22. The number of carbonyl (C=O) groups excluding carboxylic acids is 1. The van der Waals surface area contributed by atoms with E-state index in [0.717, 1.165) is 36.9 Å². The Bertz CT molecular complexity index is 621. The molecule has 162 valence electrons. The van der Waals surface area contributed by atoms with E-state index in [1.165, 1.54) is 11.3 Å². The molecule has 0 aliphatic rings. The fraction of sp³-hybridized carbons (Fsp3) is 0.737. The molecule has 0 fully saturated rings. The van der Waals surface area contributed by atoms with Gasteiger partial charge in [0.25, 0.3) is 0 Å². The lowest BCUT2D eigenvalue weighted by Crippen LogP contribution is -2.39. The maximum absolute atomic E-state index is 12.0. The van der Waals surface area contributed by atoms with Crippen LogP contribution in [0.15, 0.2) is 4.99 Å². The van der Waals surface area contributed by atoms with Crippen molar-refractivity contribution in [2.24, 2.45) is 4.99 Å². The van der Waals surface area contributed by atoms with Gasteiger partial charge in [-0.25, -0.2) is 9.78 Å². The van der Waals surface area contributed by atoms with Crippen molar-refractivity contribution in [2.75, 3.05) is 33.8 Å². The maximum Gasteiger partial charge on any atom is 0.350 e. The number of aromatic nitrogens is 1. The van der Waals surface area contributed by atoms with Crippen molar-refractivity contribution in [3.05, 3.63) is 15.6 Å². The van der Waals surface area contributed by atoms with Gasteiger partial charge in [-0.05, 0) is 61.1 Å². The lowest BCUT2D eigenvalue weighted by molar-refractivity contribution is 0.0531. The van der Waals surface area contributed by atoms with E-state index in [1.807, 2.05) is 13.8 Å². The molecule has 7 nitrogen and oxygen atoms in total. The zero-order chi connectivity index (χ0) is 20.4. The van der Waals surface area contributed by atoms with Crippen molar-refractivity contribution in [1.29, 1.82) is 0 Å². The smallest absolute Gasteiger partial charge is 0.350 e.